The van der Waals surface area contributed by atoms with Crippen molar-refractivity contribution in [1.29, 1.82) is 0 Å². The Morgan fingerprint density at radius 3 is 2.33 bits per heavy atom. The lowest BCUT2D eigenvalue weighted by molar-refractivity contribution is -0.186. The fourth-order valence-electron chi connectivity index (χ4n) is 2.11. The summed E-state index contributed by atoms with van der Waals surface area (Å²) in [5, 5.41) is 3.34. The molecule has 70 valence electrons. The third kappa shape index (κ3) is 1.49. The highest BCUT2D eigenvalue weighted by molar-refractivity contribution is 4.82. The van der Waals surface area contributed by atoms with Gasteiger partial charge in [-0.15, -0.1) is 0 Å². The highest BCUT2D eigenvalue weighted by Crippen LogP contribution is 2.33. The third-order valence-electron chi connectivity index (χ3n) is 2.94. The van der Waals surface area contributed by atoms with Crippen molar-refractivity contribution in [3.8, 4) is 0 Å². The average molecular weight is 171 g/mol. The molecule has 0 atom stereocenters. The molecule has 0 bridgehead atoms. The van der Waals surface area contributed by atoms with Crippen LogP contribution in [-0.2, 0) is 9.47 Å². The molecule has 0 aromatic rings. The van der Waals surface area contributed by atoms with Crippen LogP contribution in [0.5, 0.6) is 0 Å². The number of hydrogen-bond acceptors (Lipinski definition) is 3. The lowest BCUT2D eigenvalue weighted by atomic mass is 9.90. The number of rotatable bonds is 1. The highest BCUT2D eigenvalue weighted by Gasteiger charge is 2.39. The summed E-state index contributed by atoms with van der Waals surface area (Å²) in [4.78, 5) is 0. The van der Waals surface area contributed by atoms with Crippen LogP contribution < -0.4 is 5.32 Å². The SMILES string of the molecule is CC1(C2CCNCC2)OCCO1. The molecule has 0 unspecified atom stereocenters. The molecular formula is C9H17NO2. The molecule has 0 amide bonds. The minimum atomic E-state index is -0.276. The summed E-state index contributed by atoms with van der Waals surface area (Å²) in [6.07, 6.45) is 2.35. The third-order valence-corrected chi connectivity index (χ3v) is 2.94. The van der Waals surface area contributed by atoms with Crippen LogP contribution in [0.15, 0.2) is 0 Å². The van der Waals surface area contributed by atoms with E-state index in [2.05, 4.69) is 12.2 Å². The molecule has 0 aromatic carbocycles. The van der Waals surface area contributed by atoms with E-state index >= 15 is 0 Å². The lowest BCUT2D eigenvalue weighted by Gasteiger charge is -2.35. The van der Waals surface area contributed by atoms with Crippen molar-refractivity contribution in [3.63, 3.8) is 0 Å². The van der Waals surface area contributed by atoms with E-state index in [0.29, 0.717) is 5.92 Å². The van der Waals surface area contributed by atoms with Gasteiger partial charge < -0.3 is 14.8 Å². The minimum absolute atomic E-state index is 0.276. The topological polar surface area (TPSA) is 30.5 Å². The summed E-state index contributed by atoms with van der Waals surface area (Å²) in [5.41, 5.74) is 0. The van der Waals surface area contributed by atoms with Crippen LogP contribution >= 0.6 is 0 Å². The number of hydrogen-bond donors (Lipinski definition) is 1. The average Bonchev–Trinajstić information content (AvgIpc) is 2.55. The van der Waals surface area contributed by atoms with Gasteiger partial charge in [0.05, 0.1) is 13.2 Å². The Kier molecular flexibility index (Phi) is 2.35. The van der Waals surface area contributed by atoms with Gasteiger partial charge in [0.25, 0.3) is 0 Å². The maximum Gasteiger partial charge on any atom is 0.168 e. The summed E-state index contributed by atoms with van der Waals surface area (Å²) in [7, 11) is 0. The number of nitrogens with one attached hydrogen (secondary N) is 1. The maximum atomic E-state index is 5.63. The molecule has 2 heterocycles. The van der Waals surface area contributed by atoms with E-state index in [1.165, 1.54) is 12.8 Å². The van der Waals surface area contributed by atoms with E-state index in [4.69, 9.17) is 9.47 Å². The first-order valence-corrected chi connectivity index (χ1v) is 4.80. The molecule has 0 radical (unpaired) electrons. The van der Waals surface area contributed by atoms with E-state index in [0.717, 1.165) is 26.3 Å². The Hall–Kier alpha value is -0.120. The van der Waals surface area contributed by atoms with Crippen LogP contribution in [0.4, 0.5) is 0 Å². The second kappa shape index (κ2) is 3.32. The molecule has 12 heavy (non-hydrogen) atoms. The molecule has 0 aromatic heterocycles. The molecule has 2 fully saturated rings. The summed E-state index contributed by atoms with van der Waals surface area (Å²) in [6.45, 7) is 5.82. The van der Waals surface area contributed by atoms with E-state index in [-0.39, 0.29) is 5.79 Å². The number of ether oxygens (including phenoxy) is 2. The predicted molar refractivity (Wildman–Crippen MR) is 45.9 cm³/mol. The van der Waals surface area contributed by atoms with Gasteiger partial charge >= 0.3 is 0 Å². The molecule has 2 rings (SSSR count). The van der Waals surface area contributed by atoms with Crippen molar-refractivity contribution in [2.24, 2.45) is 5.92 Å². The van der Waals surface area contributed by atoms with Gasteiger partial charge in [0.1, 0.15) is 0 Å². The van der Waals surface area contributed by atoms with E-state index < -0.39 is 0 Å². The molecule has 0 spiro atoms. The first-order valence-electron chi connectivity index (χ1n) is 4.80. The van der Waals surface area contributed by atoms with Crippen LogP contribution in [0.25, 0.3) is 0 Å². The molecule has 2 aliphatic rings. The second-order valence-corrected chi connectivity index (χ2v) is 3.74. The molecule has 3 nitrogen and oxygen atoms in total. The first-order chi connectivity index (χ1) is 5.81. The van der Waals surface area contributed by atoms with Crippen molar-refractivity contribution in [2.75, 3.05) is 26.3 Å². The van der Waals surface area contributed by atoms with E-state index in [9.17, 15) is 0 Å². The first kappa shape index (κ1) is 8.48. The summed E-state index contributed by atoms with van der Waals surface area (Å²) in [6, 6.07) is 0. The van der Waals surface area contributed by atoms with Crippen molar-refractivity contribution in [1.82, 2.24) is 5.32 Å². The smallest absolute Gasteiger partial charge is 0.168 e. The molecule has 2 saturated heterocycles. The van der Waals surface area contributed by atoms with Gasteiger partial charge in [0.15, 0.2) is 5.79 Å². The molecule has 0 saturated carbocycles. The van der Waals surface area contributed by atoms with Crippen LogP contribution in [0.2, 0.25) is 0 Å². The van der Waals surface area contributed by atoms with E-state index in [1.807, 2.05) is 0 Å². The standard InChI is InChI=1S/C9H17NO2/c1-9(11-6-7-12-9)8-2-4-10-5-3-8/h8,10H,2-7H2,1H3. The molecule has 1 N–H and O–H groups in total. The van der Waals surface area contributed by atoms with Crippen LogP contribution in [-0.4, -0.2) is 32.1 Å². The zero-order valence-corrected chi connectivity index (χ0v) is 7.64. The van der Waals surface area contributed by atoms with Crippen molar-refractivity contribution < 1.29 is 9.47 Å². The Bertz CT molecular complexity index is 149. The second-order valence-electron chi connectivity index (χ2n) is 3.74. The van der Waals surface area contributed by atoms with Gasteiger partial charge in [-0.25, -0.2) is 0 Å². The molecular weight excluding hydrogens is 154 g/mol. The maximum absolute atomic E-state index is 5.63. The van der Waals surface area contributed by atoms with Gasteiger partial charge in [-0.05, 0) is 32.9 Å². The Labute approximate surface area is 73.4 Å². The van der Waals surface area contributed by atoms with Gasteiger partial charge in [-0.2, -0.15) is 0 Å². The fraction of sp³-hybridized carbons (Fsp3) is 1.00. The van der Waals surface area contributed by atoms with Gasteiger partial charge in [0.2, 0.25) is 0 Å². The highest BCUT2D eigenvalue weighted by atomic mass is 16.7. The van der Waals surface area contributed by atoms with E-state index in [1.54, 1.807) is 0 Å². The molecule has 3 heteroatoms. The normalized spacial score (nSPS) is 30.8. The summed E-state index contributed by atoms with van der Waals surface area (Å²) in [5.74, 6) is 0.309. The Balaban J connectivity index is 1.96. The van der Waals surface area contributed by atoms with Gasteiger partial charge in [-0.3, -0.25) is 0 Å². The molecule has 2 aliphatic heterocycles. The minimum Gasteiger partial charge on any atom is -0.348 e. The van der Waals surface area contributed by atoms with Crippen molar-refractivity contribution in [3.05, 3.63) is 0 Å². The Morgan fingerprint density at radius 2 is 1.75 bits per heavy atom. The largest absolute Gasteiger partial charge is 0.348 e. The number of piperidine rings is 1. The van der Waals surface area contributed by atoms with Crippen LogP contribution in [0.3, 0.4) is 0 Å². The Morgan fingerprint density at radius 1 is 1.17 bits per heavy atom. The zero-order valence-electron chi connectivity index (χ0n) is 7.64. The monoisotopic (exact) mass is 171 g/mol. The zero-order chi connectivity index (χ0) is 8.44. The van der Waals surface area contributed by atoms with Crippen LogP contribution in [0.1, 0.15) is 19.8 Å². The van der Waals surface area contributed by atoms with Gasteiger partial charge in [0, 0.05) is 5.92 Å². The quantitative estimate of drug-likeness (QED) is 0.631. The van der Waals surface area contributed by atoms with Crippen LogP contribution in [0, 0.1) is 5.92 Å². The van der Waals surface area contributed by atoms with Crippen molar-refractivity contribution >= 4 is 0 Å². The lowest BCUT2D eigenvalue weighted by Crippen LogP contribution is -2.42. The molecule has 0 aliphatic carbocycles. The van der Waals surface area contributed by atoms with Gasteiger partial charge in [-0.1, -0.05) is 0 Å². The summed E-state index contributed by atoms with van der Waals surface area (Å²) < 4.78 is 11.3. The van der Waals surface area contributed by atoms with Crippen molar-refractivity contribution in [2.45, 2.75) is 25.6 Å². The predicted octanol–water partition coefficient (Wildman–Crippen LogP) is 0.749. The fourth-order valence-corrected chi connectivity index (χ4v) is 2.11. The summed E-state index contributed by atoms with van der Waals surface area (Å²) >= 11 is 0.